The van der Waals surface area contributed by atoms with E-state index in [4.69, 9.17) is 0 Å². The predicted molar refractivity (Wildman–Crippen MR) is 107 cm³/mol. The van der Waals surface area contributed by atoms with Gasteiger partial charge in [0.15, 0.2) is 0 Å². The molecule has 0 saturated carbocycles. The van der Waals surface area contributed by atoms with E-state index in [-0.39, 0.29) is 12.1 Å². The van der Waals surface area contributed by atoms with Crippen LogP contribution in [0, 0.1) is 0 Å². The number of hydrogen-bond donors (Lipinski definition) is 2. The second-order valence-corrected chi connectivity index (χ2v) is 7.23. The van der Waals surface area contributed by atoms with E-state index in [0.29, 0.717) is 6.54 Å². The molecule has 2 amide bonds. The van der Waals surface area contributed by atoms with Crippen LogP contribution in [0.4, 0.5) is 4.79 Å². The van der Waals surface area contributed by atoms with Crippen molar-refractivity contribution < 1.29 is 4.79 Å². The Morgan fingerprint density at radius 3 is 2.96 bits per heavy atom. The Kier molecular flexibility index (Phi) is 5.70. The summed E-state index contributed by atoms with van der Waals surface area (Å²) in [7, 11) is 0. The first-order valence-electron chi connectivity index (χ1n) is 9.89. The molecule has 146 valence electrons. The number of urea groups is 1. The minimum atomic E-state index is 0.00976. The highest BCUT2D eigenvalue weighted by atomic mass is 16.2. The molecule has 1 fully saturated rings. The number of hydrogen-bond acceptors (Lipinski definition) is 3. The van der Waals surface area contributed by atoms with Crippen LogP contribution < -0.4 is 5.32 Å². The topological polar surface area (TPSA) is 78.8 Å². The molecule has 0 spiro atoms. The van der Waals surface area contributed by atoms with Crippen LogP contribution >= 0.6 is 0 Å². The zero-order valence-corrected chi connectivity index (χ0v) is 15.9. The fraction of sp³-hybridized carbons (Fsp3) is 0.381. The molecule has 4 rings (SSSR count). The monoisotopic (exact) mass is 378 g/mol. The van der Waals surface area contributed by atoms with Crippen molar-refractivity contribution in [2.75, 3.05) is 6.54 Å². The number of imidazole rings is 1. The molecule has 0 radical (unpaired) electrons. The number of rotatable bonds is 6. The fourth-order valence-corrected chi connectivity index (χ4v) is 3.86. The number of likely N-dealkylation sites (tertiary alicyclic amines) is 1. The molecule has 2 N–H and O–H groups in total. The summed E-state index contributed by atoms with van der Waals surface area (Å²) in [6.45, 7) is 2.16. The lowest BCUT2D eigenvalue weighted by Gasteiger charge is -2.36. The highest BCUT2D eigenvalue weighted by molar-refractivity contribution is 5.75. The summed E-state index contributed by atoms with van der Waals surface area (Å²) in [5.41, 5.74) is 3.02. The maximum absolute atomic E-state index is 12.9. The number of aryl methyl sites for hydroxylation is 1. The van der Waals surface area contributed by atoms with Crippen molar-refractivity contribution in [1.29, 1.82) is 0 Å². The maximum atomic E-state index is 12.9. The molecule has 1 aliphatic heterocycles. The lowest BCUT2D eigenvalue weighted by atomic mass is 9.99. The average molecular weight is 378 g/mol. The minimum absolute atomic E-state index is 0.00976. The van der Waals surface area contributed by atoms with Crippen LogP contribution in [0.3, 0.4) is 0 Å². The van der Waals surface area contributed by atoms with Gasteiger partial charge in [-0.2, -0.15) is 5.10 Å². The third-order valence-corrected chi connectivity index (χ3v) is 5.38. The summed E-state index contributed by atoms with van der Waals surface area (Å²) in [5, 5.41) is 10.3. The van der Waals surface area contributed by atoms with Crippen LogP contribution in [0.25, 0.3) is 11.3 Å². The number of nitrogens with one attached hydrogen (secondary N) is 2. The first-order valence-corrected chi connectivity index (χ1v) is 9.89. The van der Waals surface area contributed by atoms with Gasteiger partial charge in [-0.1, -0.05) is 30.3 Å². The van der Waals surface area contributed by atoms with Crippen LogP contribution in [0.1, 0.15) is 31.2 Å². The smallest absolute Gasteiger partial charge is 0.317 e. The largest absolute Gasteiger partial charge is 0.337 e. The number of H-pyrrole nitrogens is 1. The van der Waals surface area contributed by atoms with Gasteiger partial charge in [0.05, 0.1) is 18.2 Å². The Morgan fingerprint density at radius 1 is 1.25 bits per heavy atom. The number of amides is 2. The Hall–Kier alpha value is -3.09. The molecular weight excluding hydrogens is 352 g/mol. The molecule has 1 saturated heterocycles. The first kappa shape index (κ1) is 18.3. The number of aromatic nitrogens is 4. The molecule has 7 heteroatoms. The Bertz CT molecular complexity index is 873. The zero-order chi connectivity index (χ0) is 19.2. The number of aromatic amines is 1. The molecule has 7 nitrogen and oxygen atoms in total. The van der Waals surface area contributed by atoms with Gasteiger partial charge in [0, 0.05) is 43.6 Å². The molecule has 2 aromatic heterocycles. The van der Waals surface area contributed by atoms with E-state index in [1.54, 1.807) is 12.4 Å². The molecule has 3 heterocycles. The highest BCUT2D eigenvalue weighted by Crippen LogP contribution is 2.22. The second-order valence-electron chi connectivity index (χ2n) is 7.23. The molecule has 28 heavy (non-hydrogen) atoms. The van der Waals surface area contributed by atoms with Gasteiger partial charge in [0.1, 0.15) is 0 Å². The van der Waals surface area contributed by atoms with E-state index in [0.717, 1.165) is 49.2 Å². The van der Waals surface area contributed by atoms with E-state index in [9.17, 15) is 4.79 Å². The van der Waals surface area contributed by atoms with Crippen LogP contribution in [-0.4, -0.2) is 43.3 Å². The summed E-state index contributed by atoms with van der Waals surface area (Å²) in [6.07, 6.45) is 11.6. The van der Waals surface area contributed by atoms with Crippen molar-refractivity contribution in [3.05, 3.63) is 60.8 Å². The summed E-state index contributed by atoms with van der Waals surface area (Å²) in [4.78, 5) is 19.0. The fourth-order valence-electron chi connectivity index (χ4n) is 3.86. The van der Waals surface area contributed by atoms with Crippen molar-refractivity contribution in [2.24, 2.45) is 0 Å². The Morgan fingerprint density at radius 2 is 2.14 bits per heavy atom. The summed E-state index contributed by atoms with van der Waals surface area (Å²) < 4.78 is 2.07. The van der Waals surface area contributed by atoms with E-state index < -0.39 is 0 Å². The van der Waals surface area contributed by atoms with Gasteiger partial charge in [-0.3, -0.25) is 5.10 Å². The van der Waals surface area contributed by atoms with Gasteiger partial charge in [-0.15, -0.1) is 0 Å². The predicted octanol–water partition coefficient (Wildman–Crippen LogP) is 3.43. The zero-order valence-electron chi connectivity index (χ0n) is 15.9. The number of carbonyl (C=O) groups excluding carboxylic acids is 1. The lowest BCUT2D eigenvalue weighted by Crippen LogP contribution is -2.48. The van der Waals surface area contributed by atoms with Crippen LogP contribution in [0.2, 0.25) is 0 Å². The van der Waals surface area contributed by atoms with E-state index >= 15 is 0 Å². The van der Waals surface area contributed by atoms with Crippen molar-refractivity contribution in [3.8, 4) is 11.3 Å². The Balaban J connectivity index is 1.37. The first-order chi connectivity index (χ1) is 13.8. The van der Waals surface area contributed by atoms with Crippen molar-refractivity contribution >= 4 is 6.03 Å². The highest BCUT2D eigenvalue weighted by Gasteiger charge is 2.26. The summed E-state index contributed by atoms with van der Waals surface area (Å²) >= 11 is 0. The van der Waals surface area contributed by atoms with Crippen molar-refractivity contribution in [2.45, 2.75) is 44.8 Å². The molecule has 0 unspecified atom stereocenters. The van der Waals surface area contributed by atoms with Crippen LogP contribution in [0.5, 0.6) is 0 Å². The van der Waals surface area contributed by atoms with E-state index in [1.165, 1.54) is 6.42 Å². The molecule has 1 atom stereocenters. The standard InChI is InChI=1S/C21H26N6O/c28-21(23-14-18-15-24-25-20(18)17-6-2-1-3-7-17)27-11-5-4-8-19(27)9-12-26-13-10-22-16-26/h1-3,6-7,10,13,15-16,19H,4-5,8-9,11-12,14H2,(H,23,28)(H,24,25)/t19-/m1/s1. The molecule has 3 aromatic rings. The number of nitrogens with zero attached hydrogens (tertiary/aromatic N) is 4. The van der Waals surface area contributed by atoms with Gasteiger partial charge in [0.2, 0.25) is 0 Å². The van der Waals surface area contributed by atoms with Gasteiger partial charge in [0.25, 0.3) is 0 Å². The third kappa shape index (κ3) is 4.24. The van der Waals surface area contributed by atoms with Crippen LogP contribution in [0.15, 0.2) is 55.2 Å². The molecule has 0 aliphatic carbocycles. The molecular formula is C21H26N6O. The second kappa shape index (κ2) is 8.73. The SMILES string of the molecule is O=C(NCc1cn[nH]c1-c1ccccc1)N1CCCC[C@@H]1CCn1ccnc1. The number of benzene rings is 1. The van der Waals surface area contributed by atoms with Gasteiger partial charge in [-0.05, 0) is 31.2 Å². The average Bonchev–Trinajstić information content (AvgIpc) is 3.43. The number of piperidine rings is 1. The number of carbonyl (C=O) groups is 1. The third-order valence-electron chi connectivity index (χ3n) is 5.38. The van der Waals surface area contributed by atoms with Crippen molar-refractivity contribution in [3.63, 3.8) is 0 Å². The molecule has 1 aliphatic rings. The molecule has 0 bridgehead atoms. The van der Waals surface area contributed by atoms with Gasteiger partial charge in [-0.25, -0.2) is 9.78 Å². The normalized spacial score (nSPS) is 16.9. The van der Waals surface area contributed by atoms with Crippen LogP contribution in [-0.2, 0) is 13.1 Å². The van der Waals surface area contributed by atoms with E-state index in [2.05, 4.69) is 25.1 Å². The summed E-state index contributed by atoms with van der Waals surface area (Å²) in [6, 6.07) is 10.3. The lowest BCUT2D eigenvalue weighted by molar-refractivity contribution is 0.143. The van der Waals surface area contributed by atoms with Gasteiger partial charge < -0.3 is 14.8 Å². The minimum Gasteiger partial charge on any atom is -0.337 e. The van der Waals surface area contributed by atoms with Gasteiger partial charge >= 0.3 is 6.03 Å². The quantitative estimate of drug-likeness (QED) is 0.690. The summed E-state index contributed by atoms with van der Waals surface area (Å²) in [5.74, 6) is 0. The Labute approximate surface area is 164 Å². The van der Waals surface area contributed by atoms with Crippen molar-refractivity contribution in [1.82, 2.24) is 30.0 Å². The van der Waals surface area contributed by atoms with E-state index in [1.807, 2.05) is 47.8 Å². The maximum Gasteiger partial charge on any atom is 0.317 e. The molecule has 1 aromatic carbocycles.